The molecule has 1 unspecified atom stereocenters. The molecule has 1 atom stereocenters. The minimum Gasteiger partial charge on any atom is -0.481 e. The number of hydrogen-bond acceptors (Lipinski definition) is 3. The lowest BCUT2D eigenvalue weighted by molar-refractivity contribution is -0.141. The Morgan fingerprint density at radius 2 is 1.90 bits per heavy atom. The van der Waals surface area contributed by atoms with Gasteiger partial charge in [-0.05, 0) is 31.7 Å². The van der Waals surface area contributed by atoms with Gasteiger partial charge in [-0.2, -0.15) is 0 Å². The molecular weight excluding hydrogens is 282 g/mol. The maximum atomic E-state index is 10.9. The number of carboxylic acids is 1. The van der Waals surface area contributed by atoms with Gasteiger partial charge in [-0.15, -0.1) is 11.3 Å². The van der Waals surface area contributed by atoms with Crippen molar-refractivity contribution in [1.29, 1.82) is 0 Å². The zero-order valence-electron chi connectivity index (χ0n) is 12.7. The van der Waals surface area contributed by atoms with Gasteiger partial charge in [0.1, 0.15) is 0 Å². The number of hydrogen-bond donors (Lipinski definition) is 1. The number of rotatable bonds is 6. The number of thiophene rings is 1. The summed E-state index contributed by atoms with van der Waals surface area (Å²) in [4.78, 5) is 15.4. The van der Waals surface area contributed by atoms with E-state index in [0.717, 1.165) is 6.54 Å². The van der Waals surface area contributed by atoms with Gasteiger partial charge < -0.3 is 10.0 Å². The van der Waals surface area contributed by atoms with Crippen LogP contribution in [0, 0.1) is 12.8 Å². The third kappa shape index (κ3) is 4.41. The zero-order chi connectivity index (χ0) is 15.4. The molecular formula is C17H21NO2S. The van der Waals surface area contributed by atoms with Gasteiger partial charge in [-0.25, -0.2) is 0 Å². The van der Waals surface area contributed by atoms with Gasteiger partial charge in [0.05, 0.1) is 5.92 Å². The van der Waals surface area contributed by atoms with Crippen LogP contribution in [-0.2, 0) is 11.3 Å². The summed E-state index contributed by atoms with van der Waals surface area (Å²) in [5.41, 5.74) is 2.50. The molecule has 0 saturated carbocycles. The number of benzene rings is 1. The maximum Gasteiger partial charge on any atom is 0.307 e. The molecule has 1 heterocycles. The Labute approximate surface area is 129 Å². The highest BCUT2D eigenvalue weighted by molar-refractivity contribution is 7.15. The van der Waals surface area contributed by atoms with Gasteiger partial charge in [0.25, 0.3) is 0 Å². The van der Waals surface area contributed by atoms with E-state index in [1.165, 1.54) is 20.9 Å². The zero-order valence-corrected chi connectivity index (χ0v) is 13.5. The highest BCUT2D eigenvalue weighted by Crippen LogP contribution is 2.29. The van der Waals surface area contributed by atoms with Crippen LogP contribution in [0.4, 0.5) is 0 Å². The molecule has 0 aliphatic carbocycles. The molecule has 3 nitrogen and oxygen atoms in total. The number of nitrogens with zero attached hydrogens (tertiary/aromatic N) is 1. The SMILES string of the molecule is Cc1ccc(-c2ccc(CN(C)CC(C)C(=O)O)s2)cc1. The molecule has 112 valence electrons. The average Bonchev–Trinajstić information content (AvgIpc) is 2.87. The van der Waals surface area contributed by atoms with Crippen LogP contribution < -0.4 is 0 Å². The number of aryl methyl sites for hydroxylation is 1. The molecule has 0 radical (unpaired) electrons. The van der Waals surface area contributed by atoms with Gasteiger partial charge in [-0.3, -0.25) is 4.79 Å². The van der Waals surface area contributed by atoms with Crippen molar-refractivity contribution in [2.75, 3.05) is 13.6 Å². The van der Waals surface area contributed by atoms with E-state index in [2.05, 4.69) is 48.2 Å². The quantitative estimate of drug-likeness (QED) is 0.880. The first-order valence-electron chi connectivity index (χ1n) is 7.03. The van der Waals surface area contributed by atoms with Crippen molar-refractivity contribution >= 4 is 17.3 Å². The van der Waals surface area contributed by atoms with Gasteiger partial charge >= 0.3 is 5.97 Å². The third-order valence-electron chi connectivity index (χ3n) is 3.43. The fraction of sp³-hybridized carbons (Fsp3) is 0.353. The molecule has 0 spiro atoms. The second kappa shape index (κ2) is 6.87. The summed E-state index contributed by atoms with van der Waals surface area (Å²) in [6, 6.07) is 12.8. The molecule has 21 heavy (non-hydrogen) atoms. The first-order chi connectivity index (χ1) is 9.95. The van der Waals surface area contributed by atoms with Crippen molar-refractivity contribution < 1.29 is 9.90 Å². The molecule has 1 N–H and O–H groups in total. The predicted molar refractivity (Wildman–Crippen MR) is 87.6 cm³/mol. The summed E-state index contributed by atoms with van der Waals surface area (Å²) in [6.45, 7) is 5.18. The van der Waals surface area contributed by atoms with Crippen molar-refractivity contribution in [1.82, 2.24) is 4.90 Å². The van der Waals surface area contributed by atoms with Gasteiger partial charge in [0.2, 0.25) is 0 Å². The van der Waals surface area contributed by atoms with Gasteiger partial charge in [0.15, 0.2) is 0 Å². The fourth-order valence-corrected chi connectivity index (χ4v) is 3.31. The smallest absolute Gasteiger partial charge is 0.307 e. The van der Waals surface area contributed by atoms with E-state index < -0.39 is 5.97 Å². The molecule has 2 aromatic rings. The van der Waals surface area contributed by atoms with Crippen molar-refractivity contribution in [3.63, 3.8) is 0 Å². The van der Waals surface area contributed by atoms with E-state index in [-0.39, 0.29) is 5.92 Å². The topological polar surface area (TPSA) is 40.5 Å². The predicted octanol–water partition coefficient (Wildman–Crippen LogP) is 3.88. The van der Waals surface area contributed by atoms with E-state index in [1.807, 2.05) is 7.05 Å². The Bertz CT molecular complexity index is 604. The first-order valence-corrected chi connectivity index (χ1v) is 7.84. The number of carbonyl (C=O) groups is 1. The molecule has 4 heteroatoms. The number of aliphatic carboxylic acids is 1. The molecule has 0 fully saturated rings. The van der Waals surface area contributed by atoms with E-state index in [0.29, 0.717) is 6.54 Å². The number of carboxylic acid groups (broad SMARTS) is 1. The normalized spacial score (nSPS) is 12.6. The standard InChI is InChI=1S/C17H21NO2S/c1-12-4-6-14(7-5-12)16-9-8-15(21-16)11-18(3)10-13(2)17(19)20/h4-9,13H,10-11H2,1-3H3,(H,19,20). The van der Waals surface area contributed by atoms with Crippen molar-refractivity contribution in [2.45, 2.75) is 20.4 Å². The molecule has 1 aromatic carbocycles. The van der Waals surface area contributed by atoms with Crippen molar-refractivity contribution in [3.05, 3.63) is 46.8 Å². The molecule has 2 rings (SSSR count). The molecule has 0 bridgehead atoms. The van der Waals surface area contributed by atoms with Crippen LogP contribution in [0.3, 0.4) is 0 Å². The summed E-state index contributed by atoms with van der Waals surface area (Å²) in [5, 5.41) is 8.95. The van der Waals surface area contributed by atoms with E-state index >= 15 is 0 Å². The lowest BCUT2D eigenvalue weighted by Gasteiger charge is -2.17. The minimum atomic E-state index is -0.742. The summed E-state index contributed by atoms with van der Waals surface area (Å²) < 4.78 is 0. The lowest BCUT2D eigenvalue weighted by Crippen LogP contribution is -2.27. The molecule has 0 saturated heterocycles. The lowest BCUT2D eigenvalue weighted by atomic mass is 10.1. The molecule has 0 amide bonds. The molecule has 0 aliphatic heterocycles. The van der Waals surface area contributed by atoms with E-state index in [1.54, 1.807) is 18.3 Å². The molecule has 1 aromatic heterocycles. The monoisotopic (exact) mass is 303 g/mol. The summed E-state index contributed by atoms with van der Waals surface area (Å²) >= 11 is 1.77. The Kier molecular flexibility index (Phi) is 5.15. The van der Waals surface area contributed by atoms with Crippen molar-refractivity contribution in [3.8, 4) is 10.4 Å². The average molecular weight is 303 g/mol. The Balaban J connectivity index is 2.00. The van der Waals surface area contributed by atoms with E-state index in [4.69, 9.17) is 5.11 Å². The Morgan fingerprint density at radius 3 is 2.52 bits per heavy atom. The summed E-state index contributed by atoms with van der Waals surface area (Å²) in [6.07, 6.45) is 0. The van der Waals surface area contributed by atoms with Crippen LogP contribution in [0.15, 0.2) is 36.4 Å². The van der Waals surface area contributed by atoms with Crippen LogP contribution in [0.1, 0.15) is 17.4 Å². The summed E-state index contributed by atoms with van der Waals surface area (Å²) in [7, 11) is 1.96. The van der Waals surface area contributed by atoms with Crippen LogP contribution >= 0.6 is 11.3 Å². The third-order valence-corrected chi connectivity index (χ3v) is 4.55. The summed E-state index contributed by atoms with van der Waals surface area (Å²) in [5.74, 6) is -1.08. The van der Waals surface area contributed by atoms with E-state index in [9.17, 15) is 4.79 Å². The van der Waals surface area contributed by atoms with Crippen LogP contribution in [0.5, 0.6) is 0 Å². The Morgan fingerprint density at radius 1 is 1.24 bits per heavy atom. The van der Waals surface area contributed by atoms with Gasteiger partial charge in [0, 0.05) is 22.8 Å². The second-order valence-corrected chi connectivity index (χ2v) is 6.74. The Hall–Kier alpha value is -1.65. The highest BCUT2D eigenvalue weighted by atomic mass is 32.1. The van der Waals surface area contributed by atoms with Crippen LogP contribution in [0.2, 0.25) is 0 Å². The maximum absolute atomic E-state index is 10.9. The molecule has 0 aliphatic rings. The largest absolute Gasteiger partial charge is 0.481 e. The van der Waals surface area contributed by atoms with Crippen molar-refractivity contribution in [2.24, 2.45) is 5.92 Å². The van der Waals surface area contributed by atoms with Crippen LogP contribution in [0.25, 0.3) is 10.4 Å². The second-order valence-electron chi connectivity index (χ2n) is 5.57. The first kappa shape index (κ1) is 15.7. The fourth-order valence-electron chi connectivity index (χ4n) is 2.21. The van der Waals surface area contributed by atoms with Crippen LogP contribution in [-0.4, -0.2) is 29.6 Å². The minimum absolute atomic E-state index is 0.341. The highest BCUT2D eigenvalue weighted by Gasteiger charge is 2.14. The van der Waals surface area contributed by atoms with Gasteiger partial charge in [-0.1, -0.05) is 36.8 Å².